The highest BCUT2D eigenvalue weighted by atomic mass is 28.3. The van der Waals surface area contributed by atoms with E-state index in [1.165, 1.54) is 86.6 Å². The van der Waals surface area contributed by atoms with Crippen LogP contribution in [0.3, 0.4) is 0 Å². The fourth-order valence-corrected chi connectivity index (χ4v) is 18.5. The summed E-state index contributed by atoms with van der Waals surface area (Å²) in [4.78, 5) is 4.63. The van der Waals surface area contributed by atoms with Gasteiger partial charge in [-0.1, -0.05) is 243 Å². The summed E-state index contributed by atoms with van der Waals surface area (Å²) >= 11 is 0. The fraction of sp³-hybridized carbons (Fsp3) is 0. The highest BCUT2D eigenvalue weighted by Crippen LogP contribution is 2.41. The van der Waals surface area contributed by atoms with Crippen molar-refractivity contribution in [2.75, 3.05) is 9.80 Å². The van der Waals surface area contributed by atoms with E-state index < -0.39 is 8.07 Å². The molecule has 16 aromatic rings. The fourth-order valence-electron chi connectivity index (χ4n) is 13.8. The molecule has 0 N–H and O–H groups in total. The molecule has 0 aliphatic heterocycles. The first-order valence-corrected chi connectivity index (χ1v) is 32.6. The standard InChI is InChI=1S/C84H60N4Si/c1-7-23-65(24-8-1)85(66-25-9-2-10-26-66)69-45-49-71(50-46-69)87-81-37-21-19-35-77(81)79-57-43-63(59-83(79)87)61-39-53-75(54-40-61)89(73-31-15-5-16-32-73,74-33-17-6-18-34-74)76-55-41-62(42-56-76)64-44-58-80-78-36-20-22-38-82(78)88(84(80)60-64)72-51-47-70(48-52-72)86(67-27-11-3-12-28-67)68-29-13-4-14-30-68/h1-60H. The molecule has 16 rings (SSSR count). The van der Waals surface area contributed by atoms with Gasteiger partial charge < -0.3 is 18.9 Å². The summed E-state index contributed by atoms with van der Waals surface area (Å²) in [6.07, 6.45) is 0. The summed E-state index contributed by atoms with van der Waals surface area (Å²) in [5.41, 5.74) is 18.3. The van der Waals surface area contributed by atoms with Crippen LogP contribution in [0.15, 0.2) is 364 Å². The van der Waals surface area contributed by atoms with Gasteiger partial charge in [-0.05, 0) is 164 Å². The maximum absolute atomic E-state index is 2.91. The number of fused-ring (bicyclic) bond motifs is 6. The van der Waals surface area contributed by atoms with Crippen molar-refractivity contribution < 1.29 is 0 Å². The molecular formula is C84H60N4Si. The number of para-hydroxylation sites is 6. The number of aromatic nitrogens is 2. The lowest BCUT2D eigenvalue weighted by molar-refractivity contribution is 1.17. The predicted octanol–water partition coefficient (Wildman–Crippen LogP) is 19.5. The number of hydrogen-bond acceptors (Lipinski definition) is 2. The molecule has 14 aromatic carbocycles. The van der Waals surface area contributed by atoms with Crippen LogP contribution in [0.5, 0.6) is 0 Å². The Kier molecular flexibility index (Phi) is 13.5. The third-order valence-corrected chi connectivity index (χ3v) is 22.7. The first-order chi connectivity index (χ1) is 44.2. The van der Waals surface area contributed by atoms with Crippen LogP contribution in [-0.4, -0.2) is 17.2 Å². The average Bonchev–Trinajstić information content (AvgIpc) is 1.85. The second-order valence-electron chi connectivity index (χ2n) is 22.9. The van der Waals surface area contributed by atoms with Crippen molar-refractivity contribution in [3.63, 3.8) is 0 Å². The summed E-state index contributed by atoms with van der Waals surface area (Å²) in [5.74, 6) is 0. The molecule has 0 spiro atoms. The summed E-state index contributed by atoms with van der Waals surface area (Å²) in [7, 11) is -2.91. The van der Waals surface area contributed by atoms with Crippen LogP contribution in [0.1, 0.15) is 0 Å². The highest BCUT2D eigenvalue weighted by molar-refractivity contribution is 7.19. The summed E-state index contributed by atoms with van der Waals surface area (Å²) < 4.78 is 4.86. The van der Waals surface area contributed by atoms with Gasteiger partial charge in [0.1, 0.15) is 0 Å². The molecule has 0 aliphatic rings. The second kappa shape index (κ2) is 22.7. The van der Waals surface area contributed by atoms with Gasteiger partial charge in [0.25, 0.3) is 0 Å². The smallest absolute Gasteiger partial charge is 0.179 e. The number of nitrogens with zero attached hydrogens (tertiary/aromatic N) is 4. The van der Waals surface area contributed by atoms with Gasteiger partial charge in [-0.2, -0.15) is 0 Å². The van der Waals surface area contributed by atoms with Gasteiger partial charge in [-0.15, -0.1) is 0 Å². The summed E-state index contributed by atoms with van der Waals surface area (Å²) in [6, 6.07) is 134. The molecule has 0 saturated carbocycles. The Bertz CT molecular complexity index is 4720. The van der Waals surface area contributed by atoms with Crippen LogP contribution in [0.2, 0.25) is 0 Å². The van der Waals surface area contributed by atoms with Crippen molar-refractivity contribution in [3.8, 4) is 33.6 Å². The molecule has 0 atom stereocenters. The summed E-state index contributed by atoms with van der Waals surface area (Å²) in [6.45, 7) is 0. The SMILES string of the molecule is c1ccc(N(c2ccccc2)c2ccc(-n3c4ccccc4c4ccc(-c5ccc([Si](c6ccccc6)(c6ccccc6)c6ccc(-c7ccc8c9ccccc9n(-c9ccc(N(c%10ccccc%10)c%10ccccc%10)cc9)c8c7)cc6)cc5)cc43)cc2)cc1. The van der Waals surface area contributed by atoms with Crippen molar-refractivity contribution in [1.82, 2.24) is 9.13 Å². The number of hydrogen-bond donors (Lipinski definition) is 0. The quantitative estimate of drug-likeness (QED) is 0.0797. The Balaban J connectivity index is 0.765. The van der Waals surface area contributed by atoms with Gasteiger partial charge in [0.2, 0.25) is 0 Å². The van der Waals surface area contributed by atoms with Gasteiger partial charge >= 0.3 is 0 Å². The largest absolute Gasteiger partial charge is 0.311 e. The Morgan fingerprint density at radius 1 is 0.191 bits per heavy atom. The molecule has 2 aromatic heterocycles. The molecule has 4 nitrogen and oxygen atoms in total. The third kappa shape index (κ3) is 9.40. The van der Waals surface area contributed by atoms with E-state index in [4.69, 9.17) is 0 Å². The molecule has 0 radical (unpaired) electrons. The molecule has 2 heterocycles. The molecule has 420 valence electrons. The summed E-state index contributed by atoms with van der Waals surface area (Å²) in [5, 5.41) is 10.3. The first kappa shape index (κ1) is 53.0. The predicted molar refractivity (Wildman–Crippen MR) is 379 cm³/mol. The molecule has 5 heteroatoms. The minimum absolute atomic E-state index is 1.10. The first-order valence-electron chi connectivity index (χ1n) is 30.6. The Morgan fingerprint density at radius 2 is 0.449 bits per heavy atom. The lowest BCUT2D eigenvalue weighted by Crippen LogP contribution is -2.74. The van der Waals surface area contributed by atoms with Crippen molar-refractivity contribution in [1.29, 1.82) is 0 Å². The number of rotatable bonds is 14. The van der Waals surface area contributed by atoms with E-state index in [-0.39, 0.29) is 0 Å². The minimum Gasteiger partial charge on any atom is -0.311 e. The van der Waals surface area contributed by atoms with Crippen LogP contribution >= 0.6 is 0 Å². The van der Waals surface area contributed by atoms with Crippen molar-refractivity contribution >= 4 is 107 Å². The van der Waals surface area contributed by atoms with E-state index in [0.717, 1.165) is 45.5 Å². The lowest BCUT2D eigenvalue weighted by Gasteiger charge is -2.34. The topological polar surface area (TPSA) is 16.3 Å². The third-order valence-electron chi connectivity index (χ3n) is 17.9. The number of benzene rings is 14. The molecular weight excluding hydrogens is 1090 g/mol. The van der Waals surface area contributed by atoms with E-state index in [9.17, 15) is 0 Å². The Morgan fingerprint density at radius 3 is 0.787 bits per heavy atom. The normalized spacial score (nSPS) is 11.6. The van der Waals surface area contributed by atoms with E-state index in [1.807, 2.05) is 0 Å². The van der Waals surface area contributed by atoms with Crippen molar-refractivity contribution in [3.05, 3.63) is 364 Å². The zero-order valence-corrected chi connectivity index (χ0v) is 49.9. The Labute approximate surface area is 520 Å². The molecule has 0 saturated heterocycles. The maximum atomic E-state index is 2.43. The lowest BCUT2D eigenvalue weighted by atomic mass is 10.0. The van der Waals surface area contributed by atoms with Crippen LogP contribution in [-0.2, 0) is 0 Å². The zero-order valence-electron chi connectivity index (χ0n) is 48.9. The van der Waals surface area contributed by atoms with Crippen LogP contribution < -0.4 is 30.5 Å². The van der Waals surface area contributed by atoms with Crippen molar-refractivity contribution in [2.45, 2.75) is 0 Å². The van der Waals surface area contributed by atoms with E-state index >= 15 is 0 Å². The molecule has 0 bridgehead atoms. The molecule has 89 heavy (non-hydrogen) atoms. The van der Waals surface area contributed by atoms with Crippen molar-refractivity contribution in [2.24, 2.45) is 0 Å². The highest BCUT2D eigenvalue weighted by Gasteiger charge is 2.41. The maximum Gasteiger partial charge on any atom is 0.179 e. The molecule has 0 fully saturated rings. The van der Waals surface area contributed by atoms with Crippen LogP contribution in [0.4, 0.5) is 34.1 Å². The second-order valence-corrected chi connectivity index (χ2v) is 26.7. The van der Waals surface area contributed by atoms with Crippen LogP contribution in [0, 0.1) is 0 Å². The monoisotopic (exact) mass is 1150 g/mol. The van der Waals surface area contributed by atoms with Gasteiger partial charge in [0, 0.05) is 67.0 Å². The van der Waals surface area contributed by atoms with E-state index in [2.05, 4.69) is 383 Å². The minimum atomic E-state index is -2.91. The van der Waals surface area contributed by atoms with Gasteiger partial charge in [-0.25, -0.2) is 0 Å². The zero-order chi connectivity index (χ0) is 59.1. The average molecular weight is 1150 g/mol. The van der Waals surface area contributed by atoms with Gasteiger partial charge in [0.05, 0.1) is 22.1 Å². The molecule has 0 aliphatic carbocycles. The molecule has 0 unspecified atom stereocenters. The van der Waals surface area contributed by atoms with E-state index in [1.54, 1.807) is 0 Å². The Hall–Kier alpha value is -11.5. The van der Waals surface area contributed by atoms with Gasteiger partial charge in [0.15, 0.2) is 8.07 Å². The van der Waals surface area contributed by atoms with E-state index in [0.29, 0.717) is 0 Å². The number of anilines is 6. The van der Waals surface area contributed by atoms with Gasteiger partial charge in [-0.3, -0.25) is 0 Å². The molecule has 0 amide bonds. The van der Waals surface area contributed by atoms with Crippen LogP contribution in [0.25, 0.3) is 77.2 Å².